The Morgan fingerprint density at radius 3 is 2.77 bits per heavy atom. The summed E-state index contributed by atoms with van der Waals surface area (Å²) in [4.78, 5) is 10.7. The Kier molecular flexibility index (Phi) is 2.49. The average molecular weight is 203 g/mol. The van der Waals surface area contributed by atoms with Crippen molar-refractivity contribution in [3.63, 3.8) is 0 Å². The first-order valence-corrected chi connectivity index (χ1v) is 5.43. The van der Waals surface area contributed by atoms with Crippen molar-refractivity contribution < 1.29 is 14.6 Å². The highest BCUT2D eigenvalue weighted by Crippen LogP contribution is 2.38. The normalized spacial score (nSPS) is 32.2. The summed E-state index contributed by atoms with van der Waals surface area (Å²) in [7, 11) is 0. The predicted octanol–water partition coefficient (Wildman–Crippen LogP) is 0.283. The molecule has 2 aliphatic rings. The number of carboxylic acids is 1. The van der Waals surface area contributed by atoms with E-state index in [9.17, 15) is 4.79 Å². The highest BCUT2D eigenvalue weighted by molar-refractivity contribution is 8.00. The van der Waals surface area contributed by atoms with Crippen molar-refractivity contribution >= 4 is 17.7 Å². The lowest BCUT2D eigenvalue weighted by molar-refractivity contribution is -0.139. The fourth-order valence-electron chi connectivity index (χ4n) is 1.77. The molecule has 0 saturated carbocycles. The van der Waals surface area contributed by atoms with Gasteiger partial charge in [0.05, 0.1) is 4.87 Å². The first-order chi connectivity index (χ1) is 6.22. The molecule has 0 amide bonds. The Morgan fingerprint density at radius 2 is 2.23 bits per heavy atom. The zero-order chi connectivity index (χ0) is 9.31. The molecule has 4 nitrogen and oxygen atoms in total. The van der Waals surface area contributed by atoms with E-state index in [-0.39, 0.29) is 10.9 Å². The van der Waals surface area contributed by atoms with Crippen LogP contribution in [0, 0.1) is 0 Å². The molecule has 5 heteroatoms. The van der Waals surface area contributed by atoms with Gasteiger partial charge >= 0.3 is 5.97 Å². The van der Waals surface area contributed by atoms with E-state index < -0.39 is 5.97 Å². The van der Waals surface area contributed by atoms with Crippen molar-refractivity contribution in [2.24, 2.45) is 0 Å². The van der Waals surface area contributed by atoms with E-state index in [0.717, 1.165) is 26.1 Å². The van der Waals surface area contributed by atoms with Gasteiger partial charge in [-0.3, -0.25) is 10.1 Å². The topological polar surface area (TPSA) is 58.6 Å². The summed E-state index contributed by atoms with van der Waals surface area (Å²) in [6.07, 6.45) is 1.84. The average Bonchev–Trinajstić information content (AvgIpc) is 2.51. The molecule has 0 radical (unpaired) electrons. The van der Waals surface area contributed by atoms with Gasteiger partial charge < -0.3 is 9.84 Å². The number of aliphatic carboxylic acids is 1. The number of thioether (sulfide) groups is 1. The van der Waals surface area contributed by atoms with Gasteiger partial charge in [-0.1, -0.05) is 0 Å². The molecule has 0 bridgehead atoms. The molecule has 0 aromatic heterocycles. The molecule has 2 N–H and O–H groups in total. The van der Waals surface area contributed by atoms with Crippen LogP contribution in [0.2, 0.25) is 0 Å². The molecule has 2 rings (SSSR count). The fraction of sp³-hybridized carbons (Fsp3) is 0.875. The van der Waals surface area contributed by atoms with Gasteiger partial charge in [-0.2, -0.15) is 0 Å². The third kappa shape index (κ3) is 1.82. The van der Waals surface area contributed by atoms with Gasteiger partial charge in [0.15, 0.2) is 0 Å². The number of rotatable bonds is 1. The van der Waals surface area contributed by atoms with Gasteiger partial charge in [-0.05, 0) is 12.8 Å². The minimum Gasteiger partial charge on any atom is -0.480 e. The van der Waals surface area contributed by atoms with E-state index in [4.69, 9.17) is 9.84 Å². The monoisotopic (exact) mass is 203 g/mol. The van der Waals surface area contributed by atoms with Crippen molar-refractivity contribution in [1.82, 2.24) is 5.32 Å². The Labute approximate surface area is 81.0 Å². The zero-order valence-electron chi connectivity index (χ0n) is 7.28. The smallest absolute Gasteiger partial charge is 0.321 e. The molecule has 1 atom stereocenters. The van der Waals surface area contributed by atoms with Crippen LogP contribution in [0.1, 0.15) is 12.8 Å². The molecule has 0 aliphatic carbocycles. The van der Waals surface area contributed by atoms with Gasteiger partial charge in [-0.25, -0.2) is 0 Å². The first-order valence-electron chi connectivity index (χ1n) is 4.44. The van der Waals surface area contributed by atoms with Crippen molar-refractivity contribution in [2.75, 3.05) is 19.0 Å². The van der Waals surface area contributed by atoms with Gasteiger partial charge in [0.2, 0.25) is 0 Å². The van der Waals surface area contributed by atoms with E-state index in [1.54, 1.807) is 11.8 Å². The molecule has 74 valence electrons. The first kappa shape index (κ1) is 9.30. The summed E-state index contributed by atoms with van der Waals surface area (Å²) in [6, 6.07) is -0.372. The largest absolute Gasteiger partial charge is 0.480 e. The van der Waals surface area contributed by atoms with Gasteiger partial charge in [0.25, 0.3) is 0 Å². The van der Waals surface area contributed by atoms with E-state index in [1.807, 2.05) is 0 Å². The van der Waals surface area contributed by atoms with Gasteiger partial charge in [0.1, 0.15) is 6.04 Å². The van der Waals surface area contributed by atoms with Crippen LogP contribution in [-0.2, 0) is 9.53 Å². The molecule has 2 fully saturated rings. The molecule has 2 saturated heterocycles. The minimum absolute atomic E-state index is 0.0126. The third-order valence-corrected chi connectivity index (χ3v) is 4.14. The Balaban J connectivity index is 1.98. The molecular formula is C8H13NO3S. The number of carbonyl (C=O) groups is 1. The number of ether oxygens (including phenoxy) is 1. The number of hydrogen-bond donors (Lipinski definition) is 2. The van der Waals surface area contributed by atoms with Crippen molar-refractivity contribution in [2.45, 2.75) is 23.8 Å². The lowest BCUT2D eigenvalue weighted by Gasteiger charge is -2.32. The van der Waals surface area contributed by atoms with E-state index in [0.29, 0.717) is 5.75 Å². The second-order valence-electron chi connectivity index (χ2n) is 3.45. The predicted molar refractivity (Wildman–Crippen MR) is 49.8 cm³/mol. The Morgan fingerprint density at radius 1 is 1.54 bits per heavy atom. The fourth-order valence-corrected chi connectivity index (χ4v) is 3.16. The van der Waals surface area contributed by atoms with Gasteiger partial charge in [0, 0.05) is 19.0 Å². The molecule has 0 aromatic rings. The summed E-state index contributed by atoms with van der Waals surface area (Å²) in [6.45, 7) is 1.48. The molecule has 1 spiro atoms. The minimum atomic E-state index is -0.740. The van der Waals surface area contributed by atoms with Crippen LogP contribution < -0.4 is 5.32 Å². The zero-order valence-corrected chi connectivity index (χ0v) is 8.10. The van der Waals surface area contributed by atoms with Crippen LogP contribution in [0.5, 0.6) is 0 Å². The quantitative estimate of drug-likeness (QED) is 0.641. The third-order valence-electron chi connectivity index (χ3n) is 2.56. The number of nitrogens with one attached hydrogen (secondary N) is 1. The molecule has 13 heavy (non-hydrogen) atoms. The second kappa shape index (κ2) is 3.48. The lowest BCUT2D eigenvalue weighted by Crippen LogP contribution is -2.48. The maximum absolute atomic E-state index is 10.7. The molecule has 2 aliphatic heterocycles. The maximum Gasteiger partial charge on any atom is 0.321 e. The lowest BCUT2D eigenvalue weighted by atomic mass is 10.1. The number of carboxylic acid groups (broad SMARTS) is 1. The molecular weight excluding hydrogens is 190 g/mol. The highest BCUT2D eigenvalue weighted by atomic mass is 32.2. The maximum atomic E-state index is 10.7. The SMILES string of the molecule is O=C(O)[C@@H]1CSC2(CCOCC2)N1. The van der Waals surface area contributed by atoms with Crippen LogP contribution in [0.3, 0.4) is 0 Å². The summed E-state index contributed by atoms with van der Waals surface area (Å²) >= 11 is 1.73. The molecule has 0 aromatic carbocycles. The summed E-state index contributed by atoms with van der Waals surface area (Å²) in [5.41, 5.74) is 0. The summed E-state index contributed by atoms with van der Waals surface area (Å²) in [5.74, 6) is -0.0640. The van der Waals surface area contributed by atoms with Crippen LogP contribution in [0.25, 0.3) is 0 Å². The Bertz CT molecular complexity index is 215. The van der Waals surface area contributed by atoms with E-state index in [1.165, 1.54) is 0 Å². The van der Waals surface area contributed by atoms with Crippen LogP contribution >= 0.6 is 11.8 Å². The Hall–Kier alpha value is -0.260. The van der Waals surface area contributed by atoms with Crippen LogP contribution in [-0.4, -0.2) is 41.0 Å². The summed E-state index contributed by atoms with van der Waals surface area (Å²) < 4.78 is 5.25. The standard InChI is InChI=1S/C8H13NO3S/c10-7(11)6-5-13-8(9-6)1-3-12-4-2-8/h6,9H,1-5H2,(H,10,11)/t6-/m0/s1. The highest BCUT2D eigenvalue weighted by Gasteiger charge is 2.42. The van der Waals surface area contributed by atoms with Crippen molar-refractivity contribution in [3.8, 4) is 0 Å². The molecule has 0 unspecified atom stereocenters. The van der Waals surface area contributed by atoms with Crippen molar-refractivity contribution in [3.05, 3.63) is 0 Å². The van der Waals surface area contributed by atoms with E-state index >= 15 is 0 Å². The number of hydrogen-bond acceptors (Lipinski definition) is 4. The van der Waals surface area contributed by atoms with Crippen LogP contribution in [0.4, 0.5) is 0 Å². The van der Waals surface area contributed by atoms with Crippen LogP contribution in [0.15, 0.2) is 0 Å². The molecule has 2 heterocycles. The second-order valence-corrected chi connectivity index (χ2v) is 4.86. The van der Waals surface area contributed by atoms with Crippen molar-refractivity contribution in [1.29, 1.82) is 0 Å². The van der Waals surface area contributed by atoms with E-state index in [2.05, 4.69) is 5.32 Å². The summed E-state index contributed by atoms with van der Waals surface area (Å²) in [5, 5.41) is 12.0. The van der Waals surface area contributed by atoms with Gasteiger partial charge in [-0.15, -0.1) is 11.8 Å².